The average Bonchev–Trinajstić information content (AvgIpc) is 2.93. The fourth-order valence-corrected chi connectivity index (χ4v) is 3.48. The van der Waals surface area contributed by atoms with Gasteiger partial charge in [0.2, 0.25) is 0 Å². The van der Waals surface area contributed by atoms with Crippen LogP contribution >= 0.6 is 15.9 Å². The van der Waals surface area contributed by atoms with Crippen molar-refractivity contribution in [1.82, 2.24) is 14.7 Å². The Morgan fingerprint density at radius 3 is 2.67 bits per heavy atom. The highest BCUT2D eigenvalue weighted by molar-refractivity contribution is 9.10. The van der Waals surface area contributed by atoms with Crippen LogP contribution in [0.2, 0.25) is 0 Å². The molecule has 0 saturated heterocycles. The van der Waals surface area contributed by atoms with Gasteiger partial charge in [0.25, 0.3) is 5.56 Å². The molecule has 2 rings (SSSR count). The van der Waals surface area contributed by atoms with Gasteiger partial charge in [-0.05, 0) is 49.3 Å². The third-order valence-corrected chi connectivity index (χ3v) is 5.28. The highest BCUT2D eigenvalue weighted by atomic mass is 79.9. The second-order valence-corrected chi connectivity index (χ2v) is 6.87. The van der Waals surface area contributed by atoms with Gasteiger partial charge in [0, 0.05) is 18.6 Å². The molecular weight excluding hydrogens is 332 g/mol. The van der Waals surface area contributed by atoms with Crippen LogP contribution in [0.15, 0.2) is 15.5 Å². The van der Waals surface area contributed by atoms with Gasteiger partial charge < -0.3 is 10.2 Å². The Hall–Kier alpha value is -0.880. The Morgan fingerprint density at radius 2 is 2.10 bits per heavy atom. The van der Waals surface area contributed by atoms with Crippen LogP contribution in [0.4, 0.5) is 5.69 Å². The Balaban J connectivity index is 2.13. The van der Waals surface area contributed by atoms with Crippen LogP contribution in [-0.4, -0.2) is 40.9 Å². The molecule has 0 amide bonds. The maximum atomic E-state index is 12.2. The van der Waals surface area contributed by atoms with E-state index in [1.807, 2.05) is 6.92 Å². The molecule has 0 atom stereocenters. The van der Waals surface area contributed by atoms with Crippen molar-refractivity contribution in [3.05, 3.63) is 21.0 Å². The molecule has 0 unspecified atom stereocenters. The Kier molecular flexibility index (Phi) is 5.43. The number of hydrogen-bond donors (Lipinski definition) is 1. The van der Waals surface area contributed by atoms with Gasteiger partial charge in [-0.15, -0.1) is 0 Å². The zero-order valence-corrected chi connectivity index (χ0v) is 14.7. The quantitative estimate of drug-likeness (QED) is 0.851. The number of halogens is 1. The summed E-state index contributed by atoms with van der Waals surface area (Å²) in [6.07, 6.45) is 7.60. The van der Waals surface area contributed by atoms with Crippen LogP contribution < -0.4 is 10.9 Å². The van der Waals surface area contributed by atoms with E-state index in [4.69, 9.17) is 0 Å². The number of nitrogens with one attached hydrogen (secondary N) is 1. The highest BCUT2D eigenvalue weighted by Gasteiger charge is 2.35. The first-order chi connectivity index (χ1) is 10.00. The molecule has 1 aromatic rings. The molecule has 0 spiro atoms. The van der Waals surface area contributed by atoms with Crippen molar-refractivity contribution in [3.63, 3.8) is 0 Å². The number of rotatable bonds is 6. The summed E-state index contributed by atoms with van der Waals surface area (Å²) in [5, 5.41) is 7.66. The van der Waals surface area contributed by atoms with Gasteiger partial charge in [-0.1, -0.05) is 19.8 Å². The monoisotopic (exact) mass is 356 g/mol. The van der Waals surface area contributed by atoms with Gasteiger partial charge in [-0.3, -0.25) is 4.79 Å². The molecule has 5 nitrogen and oxygen atoms in total. The normalized spacial score (nSPS) is 17.4. The topological polar surface area (TPSA) is 50.2 Å². The van der Waals surface area contributed by atoms with Gasteiger partial charge in [-0.25, -0.2) is 4.68 Å². The third-order valence-electron chi connectivity index (χ3n) is 4.51. The smallest absolute Gasteiger partial charge is 0.283 e. The first-order valence-corrected chi connectivity index (χ1v) is 8.46. The molecule has 0 aromatic carbocycles. The van der Waals surface area contributed by atoms with E-state index in [0.29, 0.717) is 11.0 Å². The Morgan fingerprint density at radius 1 is 1.43 bits per heavy atom. The summed E-state index contributed by atoms with van der Waals surface area (Å²) in [4.78, 5) is 14.5. The van der Waals surface area contributed by atoms with Crippen molar-refractivity contribution in [3.8, 4) is 0 Å². The van der Waals surface area contributed by atoms with Crippen molar-refractivity contribution in [1.29, 1.82) is 0 Å². The minimum atomic E-state index is -0.0628. The van der Waals surface area contributed by atoms with Crippen molar-refractivity contribution in [2.24, 2.45) is 0 Å². The molecule has 1 aliphatic carbocycles. The van der Waals surface area contributed by atoms with Gasteiger partial charge in [0.05, 0.1) is 11.9 Å². The molecule has 0 radical (unpaired) electrons. The SMILES string of the molecule is CCCn1ncc(NCC2(N(C)C)CCCC2)c(Br)c1=O. The highest BCUT2D eigenvalue weighted by Crippen LogP contribution is 2.34. The van der Waals surface area contributed by atoms with E-state index in [1.165, 1.54) is 30.4 Å². The largest absolute Gasteiger partial charge is 0.381 e. The Labute approximate surface area is 134 Å². The minimum Gasteiger partial charge on any atom is -0.381 e. The molecule has 1 aromatic heterocycles. The number of hydrogen-bond acceptors (Lipinski definition) is 4. The van der Waals surface area contributed by atoms with E-state index in [2.05, 4.69) is 45.3 Å². The van der Waals surface area contributed by atoms with Crippen LogP contribution in [0.5, 0.6) is 0 Å². The van der Waals surface area contributed by atoms with Crippen LogP contribution in [-0.2, 0) is 6.54 Å². The molecule has 21 heavy (non-hydrogen) atoms. The zero-order chi connectivity index (χ0) is 15.5. The van der Waals surface area contributed by atoms with Crippen molar-refractivity contribution < 1.29 is 0 Å². The number of aryl methyl sites for hydroxylation is 1. The summed E-state index contributed by atoms with van der Waals surface area (Å²) >= 11 is 3.42. The maximum Gasteiger partial charge on any atom is 0.283 e. The fraction of sp³-hybridized carbons (Fsp3) is 0.733. The zero-order valence-electron chi connectivity index (χ0n) is 13.2. The molecule has 118 valence electrons. The summed E-state index contributed by atoms with van der Waals surface area (Å²) in [5.41, 5.74) is 0.921. The standard InChI is InChI=1S/C15H25BrN4O/c1-4-9-20-14(21)13(16)12(10-18-20)17-11-15(19(2)3)7-5-6-8-15/h10,17H,4-9,11H2,1-3H3. The molecule has 6 heteroatoms. The van der Waals surface area contributed by atoms with Gasteiger partial charge >= 0.3 is 0 Å². The number of likely N-dealkylation sites (N-methyl/N-ethyl adjacent to an activating group) is 1. The van der Waals surface area contributed by atoms with Crippen LogP contribution in [0, 0.1) is 0 Å². The van der Waals surface area contributed by atoms with Crippen LogP contribution in [0.1, 0.15) is 39.0 Å². The lowest BCUT2D eigenvalue weighted by Crippen LogP contribution is -2.47. The molecule has 1 saturated carbocycles. The molecule has 0 bridgehead atoms. The number of nitrogens with zero attached hydrogens (tertiary/aromatic N) is 3. The van der Waals surface area contributed by atoms with E-state index in [-0.39, 0.29) is 11.1 Å². The molecule has 1 heterocycles. The van der Waals surface area contributed by atoms with Crippen LogP contribution in [0.25, 0.3) is 0 Å². The van der Waals surface area contributed by atoms with E-state index in [0.717, 1.165) is 18.7 Å². The van der Waals surface area contributed by atoms with E-state index < -0.39 is 0 Å². The molecule has 1 N–H and O–H groups in total. The summed E-state index contributed by atoms with van der Waals surface area (Å²) in [6.45, 7) is 3.53. The summed E-state index contributed by atoms with van der Waals surface area (Å²) in [5.74, 6) is 0. The van der Waals surface area contributed by atoms with Crippen molar-refractivity contribution >= 4 is 21.6 Å². The van der Waals surface area contributed by atoms with Gasteiger partial charge in [0.1, 0.15) is 4.47 Å². The lowest BCUT2D eigenvalue weighted by molar-refractivity contribution is 0.172. The lowest BCUT2D eigenvalue weighted by atomic mass is 9.96. The summed E-state index contributed by atoms with van der Waals surface area (Å²) in [7, 11) is 4.28. The first kappa shape index (κ1) is 16.5. The second-order valence-electron chi connectivity index (χ2n) is 6.08. The van der Waals surface area contributed by atoms with Crippen LogP contribution in [0.3, 0.4) is 0 Å². The number of anilines is 1. The lowest BCUT2D eigenvalue weighted by Gasteiger charge is -2.36. The van der Waals surface area contributed by atoms with Crippen molar-refractivity contribution in [2.75, 3.05) is 26.0 Å². The minimum absolute atomic E-state index is 0.0628. The van der Waals surface area contributed by atoms with E-state index in [9.17, 15) is 4.79 Å². The van der Waals surface area contributed by atoms with E-state index in [1.54, 1.807) is 6.20 Å². The first-order valence-electron chi connectivity index (χ1n) is 7.67. The molecule has 0 aliphatic heterocycles. The molecule has 1 aliphatic rings. The molecule has 1 fully saturated rings. The fourth-order valence-electron chi connectivity index (χ4n) is 3.03. The third kappa shape index (κ3) is 3.48. The van der Waals surface area contributed by atoms with Gasteiger partial charge in [0.15, 0.2) is 0 Å². The Bertz CT molecular complexity index is 535. The maximum absolute atomic E-state index is 12.2. The predicted octanol–water partition coefficient (Wildman–Crippen LogP) is 2.70. The van der Waals surface area contributed by atoms with E-state index >= 15 is 0 Å². The summed E-state index contributed by atoms with van der Waals surface area (Å²) in [6, 6.07) is 0. The average molecular weight is 357 g/mol. The van der Waals surface area contributed by atoms with Crippen molar-refractivity contribution in [2.45, 2.75) is 51.1 Å². The number of aromatic nitrogens is 2. The predicted molar refractivity (Wildman–Crippen MR) is 89.9 cm³/mol. The van der Waals surface area contributed by atoms with Gasteiger partial charge in [-0.2, -0.15) is 5.10 Å². The molecular formula is C15H25BrN4O. The summed E-state index contributed by atoms with van der Waals surface area (Å²) < 4.78 is 2.09. The second kappa shape index (κ2) is 6.92.